The number of rotatable bonds is 5. The first-order valence-corrected chi connectivity index (χ1v) is 8.75. The molecule has 0 atom stereocenters. The zero-order valence-electron chi connectivity index (χ0n) is 11.5. The van der Waals surface area contributed by atoms with Crippen LogP contribution in [-0.4, -0.2) is 13.5 Å². The van der Waals surface area contributed by atoms with E-state index in [1.807, 2.05) is 19.1 Å². The van der Waals surface area contributed by atoms with Crippen LogP contribution in [0.2, 0.25) is 0 Å². The Morgan fingerprint density at radius 2 is 1.90 bits per heavy atom. The third-order valence-corrected chi connectivity index (χ3v) is 5.47. The maximum Gasteiger partial charge on any atom is 0.263 e. The molecule has 0 radical (unpaired) electrons. The van der Waals surface area contributed by atoms with Crippen molar-refractivity contribution in [2.45, 2.75) is 24.8 Å². The van der Waals surface area contributed by atoms with Crippen LogP contribution in [0.3, 0.4) is 0 Å². The molecule has 0 aliphatic heterocycles. The van der Waals surface area contributed by atoms with Crippen molar-refractivity contribution in [2.24, 2.45) is 0 Å². The minimum atomic E-state index is -3.72. The molecular formula is C15H16BrNO3S. The van der Waals surface area contributed by atoms with Gasteiger partial charge in [-0.15, -0.1) is 0 Å². The molecule has 0 fully saturated rings. The molecule has 2 aromatic carbocycles. The van der Waals surface area contributed by atoms with Crippen molar-refractivity contribution in [3.8, 4) is 0 Å². The summed E-state index contributed by atoms with van der Waals surface area (Å²) in [4.78, 5) is 0.111. The van der Waals surface area contributed by atoms with Crippen LogP contribution < -0.4 is 4.72 Å². The lowest BCUT2D eigenvalue weighted by atomic mass is 10.1. The van der Waals surface area contributed by atoms with Crippen LogP contribution in [0.1, 0.15) is 18.1 Å². The minimum absolute atomic E-state index is 0.111. The Morgan fingerprint density at radius 3 is 2.57 bits per heavy atom. The monoisotopic (exact) mass is 369 g/mol. The normalized spacial score (nSPS) is 11.4. The summed E-state index contributed by atoms with van der Waals surface area (Å²) in [6.45, 7) is 1.76. The average Bonchev–Trinajstić information content (AvgIpc) is 2.47. The van der Waals surface area contributed by atoms with Crippen LogP contribution >= 0.6 is 15.9 Å². The molecule has 0 aliphatic rings. The molecule has 21 heavy (non-hydrogen) atoms. The molecule has 2 N–H and O–H groups in total. The molecule has 0 saturated heterocycles. The molecule has 0 heterocycles. The van der Waals surface area contributed by atoms with Crippen LogP contribution in [-0.2, 0) is 23.1 Å². The molecule has 112 valence electrons. The van der Waals surface area contributed by atoms with Crippen molar-refractivity contribution < 1.29 is 13.5 Å². The number of para-hydroxylation sites is 1. The molecule has 0 amide bonds. The first kappa shape index (κ1) is 16.0. The number of aliphatic hydroxyl groups is 1. The molecule has 0 unspecified atom stereocenters. The molecule has 0 bridgehead atoms. The molecule has 0 aromatic heterocycles. The lowest BCUT2D eigenvalue weighted by Crippen LogP contribution is -2.15. The smallest absolute Gasteiger partial charge is 0.263 e. The van der Waals surface area contributed by atoms with E-state index in [-0.39, 0.29) is 11.5 Å². The van der Waals surface area contributed by atoms with Crippen molar-refractivity contribution >= 4 is 31.6 Å². The third-order valence-electron chi connectivity index (χ3n) is 3.11. The summed E-state index contributed by atoms with van der Waals surface area (Å²) in [6.07, 6.45) is 0.733. The van der Waals surface area contributed by atoms with Crippen molar-refractivity contribution in [1.29, 1.82) is 0 Å². The second-order valence-electron chi connectivity index (χ2n) is 4.54. The highest BCUT2D eigenvalue weighted by Gasteiger charge is 2.19. The predicted octanol–water partition coefficient (Wildman–Crippen LogP) is 3.30. The highest BCUT2D eigenvalue weighted by molar-refractivity contribution is 9.10. The molecule has 2 rings (SSSR count). The largest absolute Gasteiger partial charge is 0.392 e. The molecular weight excluding hydrogens is 354 g/mol. The van der Waals surface area contributed by atoms with Gasteiger partial charge in [0.25, 0.3) is 10.0 Å². The van der Waals surface area contributed by atoms with E-state index in [1.54, 1.807) is 24.3 Å². The quantitative estimate of drug-likeness (QED) is 0.849. The van der Waals surface area contributed by atoms with Gasteiger partial charge in [-0.25, -0.2) is 8.42 Å². The van der Waals surface area contributed by atoms with Crippen LogP contribution in [0.5, 0.6) is 0 Å². The second-order valence-corrected chi connectivity index (χ2v) is 7.04. The molecule has 6 heteroatoms. The lowest BCUT2D eigenvalue weighted by molar-refractivity contribution is 0.281. The summed E-state index contributed by atoms with van der Waals surface area (Å²) in [7, 11) is -3.72. The zero-order chi connectivity index (χ0) is 15.5. The molecule has 2 aromatic rings. The first-order chi connectivity index (χ1) is 9.97. The number of benzene rings is 2. The van der Waals surface area contributed by atoms with Gasteiger partial charge in [0.1, 0.15) is 4.90 Å². The van der Waals surface area contributed by atoms with E-state index < -0.39 is 10.0 Å². The Balaban J connectivity index is 2.43. The van der Waals surface area contributed by atoms with Crippen LogP contribution in [0.4, 0.5) is 5.69 Å². The fourth-order valence-electron chi connectivity index (χ4n) is 1.98. The number of nitrogens with one attached hydrogen (secondary N) is 1. The average molecular weight is 370 g/mol. The first-order valence-electron chi connectivity index (χ1n) is 6.48. The Kier molecular flexibility index (Phi) is 5.03. The number of hydrogen-bond acceptors (Lipinski definition) is 3. The topological polar surface area (TPSA) is 66.4 Å². The van der Waals surface area contributed by atoms with Gasteiger partial charge in [0.2, 0.25) is 0 Å². The van der Waals surface area contributed by atoms with Gasteiger partial charge in [-0.2, -0.15) is 0 Å². The van der Waals surface area contributed by atoms with Gasteiger partial charge in [-0.3, -0.25) is 4.72 Å². The van der Waals surface area contributed by atoms with Crippen LogP contribution in [0.25, 0.3) is 0 Å². The summed E-state index contributed by atoms with van der Waals surface area (Å²) >= 11 is 3.24. The molecule has 0 spiro atoms. The van der Waals surface area contributed by atoms with E-state index in [4.69, 9.17) is 5.11 Å². The number of aryl methyl sites for hydroxylation is 1. The van der Waals surface area contributed by atoms with Crippen LogP contribution in [0, 0.1) is 0 Å². The number of aliphatic hydroxyl groups excluding tert-OH is 1. The summed E-state index contributed by atoms with van der Waals surface area (Å²) in [5.74, 6) is 0. The van der Waals surface area contributed by atoms with E-state index in [9.17, 15) is 8.42 Å². The van der Waals surface area contributed by atoms with Gasteiger partial charge < -0.3 is 5.11 Å². The van der Waals surface area contributed by atoms with Gasteiger partial charge in [0, 0.05) is 4.47 Å². The molecule has 4 nitrogen and oxygen atoms in total. The molecule has 0 saturated carbocycles. The fourth-order valence-corrected chi connectivity index (χ4v) is 4.10. The van der Waals surface area contributed by atoms with Gasteiger partial charge >= 0.3 is 0 Å². The number of anilines is 1. The summed E-state index contributed by atoms with van der Waals surface area (Å²) in [6, 6.07) is 12.0. The van der Waals surface area contributed by atoms with Crippen molar-refractivity contribution in [3.63, 3.8) is 0 Å². The Bertz CT molecular complexity index is 744. The van der Waals surface area contributed by atoms with E-state index in [0.717, 1.165) is 12.0 Å². The van der Waals surface area contributed by atoms with Crippen molar-refractivity contribution in [3.05, 3.63) is 58.1 Å². The summed E-state index contributed by atoms with van der Waals surface area (Å²) in [5, 5.41) is 9.16. The van der Waals surface area contributed by atoms with Crippen LogP contribution in [0.15, 0.2) is 51.8 Å². The van der Waals surface area contributed by atoms with Gasteiger partial charge in [-0.1, -0.05) is 31.2 Å². The highest BCUT2D eigenvalue weighted by Crippen LogP contribution is 2.26. The Hall–Kier alpha value is -1.37. The maximum atomic E-state index is 12.5. The lowest BCUT2D eigenvalue weighted by Gasteiger charge is -2.13. The predicted molar refractivity (Wildman–Crippen MR) is 86.7 cm³/mol. The SMILES string of the molecule is CCc1ccccc1NS(=O)(=O)c1cc(CO)ccc1Br. The Labute approximate surface area is 133 Å². The van der Waals surface area contributed by atoms with E-state index in [1.165, 1.54) is 6.07 Å². The van der Waals surface area contributed by atoms with E-state index in [2.05, 4.69) is 20.7 Å². The van der Waals surface area contributed by atoms with E-state index >= 15 is 0 Å². The maximum absolute atomic E-state index is 12.5. The minimum Gasteiger partial charge on any atom is -0.392 e. The van der Waals surface area contributed by atoms with E-state index in [0.29, 0.717) is 15.7 Å². The van der Waals surface area contributed by atoms with Crippen molar-refractivity contribution in [2.75, 3.05) is 4.72 Å². The van der Waals surface area contributed by atoms with Crippen molar-refractivity contribution in [1.82, 2.24) is 0 Å². The highest BCUT2D eigenvalue weighted by atomic mass is 79.9. The summed E-state index contributed by atoms with van der Waals surface area (Å²) < 4.78 is 28.1. The van der Waals surface area contributed by atoms with Gasteiger partial charge in [0.15, 0.2) is 0 Å². The zero-order valence-corrected chi connectivity index (χ0v) is 13.9. The Morgan fingerprint density at radius 1 is 1.19 bits per heavy atom. The number of hydrogen-bond donors (Lipinski definition) is 2. The molecule has 0 aliphatic carbocycles. The fraction of sp³-hybridized carbons (Fsp3) is 0.200. The van der Waals surface area contributed by atoms with Gasteiger partial charge in [-0.05, 0) is 51.7 Å². The summed E-state index contributed by atoms with van der Waals surface area (Å²) in [5.41, 5.74) is 2.04. The number of halogens is 1. The second kappa shape index (κ2) is 6.60. The standard InChI is InChI=1S/C15H16BrNO3S/c1-2-12-5-3-4-6-14(12)17-21(19,20)15-9-11(10-18)7-8-13(15)16/h3-9,17-18H,2,10H2,1H3. The number of sulfonamides is 1. The third kappa shape index (κ3) is 3.64. The van der Waals surface area contributed by atoms with Gasteiger partial charge in [0.05, 0.1) is 12.3 Å².